The Kier molecular flexibility index (Phi) is 6.06. The highest BCUT2D eigenvalue weighted by atomic mass is 32.2. The Labute approximate surface area is 171 Å². The van der Waals surface area contributed by atoms with Crippen molar-refractivity contribution in [2.75, 3.05) is 34.3 Å². The smallest absolute Gasteiger partial charge is 0.496 e. The van der Waals surface area contributed by atoms with Crippen LogP contribution < -0.4 is 9.46 Å². The first-order chi connectivity index (χ1) is 13.6. The molecule has 0 spiro atoms. The molecule has 1 atom stereocenters. The Balaban J connectivity index is 1.64. The monoisotopic (exact) mass is 423 g/mol. The van der Waals surface area contributed by atoms with E-state index in [1.165, 1.54) is 17.7 Å². The second-order valence-electron chi connectivity index (χ2n) is 7.45. The molecule has 1 fully saturated rings. The number of carbonyl (C=O) groups is 2. The fourth-order valence-corrected chi connectivity index (χ4v) is 5.11. The van der Waals surface area contributed by atoms with E-state index in [9.17, 15) is 18.0 Å². The number of ether oxygens (including phenoxy) is 1. The Hall–Kier alpha value is -2.30. The maximum atomic E-state index is 12.7. The lowest BCUT2D eigenvalue weighted by Crippen LogP contribution is -2.59. The Bertz CT molecular complexity index is 951. The molecule has 2 aliphatic rings. The third kappa shape index (κ3) is 4.34. The van der Waals surface area contributed by atoms with Gasteiger partial charge in [0.05, 0.1) is 26.1 Å². The van der Waals surface area contributed by atoms with Crippen LogP contribution in [0.15, 0.2) is 23.1 Å². The number of hydrogen-bond acceptors (Lipinski definition) is 6. The van der Waals surface area contributed by atoms with Crippen molar-refractivity contribution in [3.63, 3.8) is 0 Å². The predicted molar refractivity (Wildman–Crippen MR) is 107 cm³/mol. The van der Waals surface area contributed by atoms with Crippen molar-refractivity contribution in [1.29, 1.82) is 0 Å². The van der Waals surface area contributed by atoms with Gasteiger partial charge >= 0.3 is 11.9 Å². The van der Waals surface area contributed by atoms with Gasteiger partial charge in [-0.15, -0.1) is 0 Å². The van der Waals surface area contributed by atoms with Gasteiger partial charge in [-0.3, -0.25) is 4.90 Å². The number of hydrogen-bond donors (Lipinski definition) is 1. The van der Waals surface area contributed by atoms with Gasteiger partial charge in [-0.1, -0.05) is 0 Å². The summed E-state index contributed by atoms with van der Waals surface area (Å²) in [4.78, 5) is 27.6. The van der Waals surface area contributed by atoms with Gasteiger partial charge in [0.15, 0.2) is 6.04 Å². The molecule has 1 aromatic carbocycles. The number of urea groups is 1. The first kappa shape index (κ1) is 21.4. The van der Waals surface area contributed by atoms with E-state index in [2.05, 4.69) is 4.72 Å². The number of aryl methyl sites for hydroxylation is 1. The van der Waals surface area contributed by atoms with E-state index in [4.69, 9.17) is 4.74 Å². The molecule has 0 bridgehead atoms. The molecule has 0 aliphatic carbocycles. The van der Waals surface area contributed by atoms with E-state index in [0.717, 1.165) is 10.5 Å². The zero-order valence-corrected chi connectivity index (χ0v) is 17.9. The Morgan fingerprint density at radius 3 is 2.45 bits per heavy atom. The third-order valence-electron chi connectivity index (χ3n) is 5.46. The van der Waals surface area contributed by atoms with Crippen molar-refractivity contribution in [2.24, 2.45) is 0 Å². The van der Waals surface area contributed by atoms with Crippen LogP contribution in [0.5, 0.6) is 5.75 Å². The molecule has 1 aromatic rings. The predicted octanol–water partition coefficient (Wildman–Crippen LogP) is 0.420. The molecule has 1 unspecified atom stereocenters. The minimum absolute atomic E-state index is 0.204. The van der Waals surface area contributed by atoms with E-state index in [1.54, 1.807) is 39.4 Å². The summed E-state index contributed by atoms with van der Waals surface area (Å²) in [5.74, 6) is 0.375. The number of nitrogens with zero attached hydrogens (tertiary/aromatic N) is 3. The second-order valence-corrected chi connectivity index (χ2v) is 9.16. The second kappa shape index (κ2) is 8.21. The molecule has 2 aliphatic heterocycles. The summed E-state index contributed by atoms with van der Waals surface area (Å²) in [6.07, 6.45) is 2.77. The van der Waals surface area contributed by atoms with Crippen LogP contribution in [0.1, 0.15) is 18.4 Å². The molecular formula is C19H27N4O5S+. The summed E-state index contributed by atoms with van der Waals surface area (Å²) in [5.41, 5.74) is 0.749. The lowest BCUT2D eigenvalue weighted by atomic mass is 10.0. The van der Waals surface area contributed by atoms with Gasteiger partial charge in [0.2, 0.25) is 10.0 Å². The molecule has 2 heterocycles. The van der Waals surface area contributed by atoms with Crippen LogP contribution in [0.4, 0.5) is 4.79 Å². The minimum atomic E-state index is -3.65. The molecular weight excluding hydrogens is 396 g/mol. The van der Waals surface area contributed by atoms with Gasteiger partial charge < -0.3 is 4.74 Å². The maximum absolute atomic E-state index is 12.7. The van der Waals surface area contributed by atoms with Crippen LogP contribution >= 0.6 is 0 Å². The summed E-state index contributed by atoms with van der Waals surface area (Å²) >= 11 is 0. The molecule has 1 saturated heterocycles. The standard InChI is InChI=1S/C19H27N4O5S/c1-13-11-15(5-6-17(13)28-4)29(26,27)20-14-7-9-23(10-8-14)16-12-21(2)19(25)22(3)18(16)24/h5-6,11-12,14,16,20H,7-10H2,1-4H3/q+1. The Morgan fingerprint density at radius 2 is 1.86 bits per heavy atom. The number of rotatable bonds is 5. The highest BCUT2D eigenvalue weighted by Crippen LogP contribution is 2.23. The minimum Gasteiger partial charge on any atom is -0.496 e. The molecule has 3 amide bonds. The van der Waals surface area contributed by atoms with Crippen molar-refractivity contribution in [2.45, 2.75) is 36.7 Å². The molecule has 0 aromatic heterocycles. The molecule has 9 nitrogen and oxygen atoms in total. The number of nitrogens with one attached hydrogen (secondary N) is 1. The zero-order chi connectivity index (χ0) is 21.3. The van der Waals surface area contributed by atoms with E-state index in [1.807, 2.05) is 4.90 Å². The van der Waals surface area contributed by atoms with Gasteiger partial charge in [-0.2, -0.15) is 9.69 Å². The quantitative estimate of drug-likeness (QED) is 0.689. The van der Waals surface area contributed by atoms with Crippen molar-refractivity contribution in [1.82, 2.24) is 14.5 Å². The molecule has 0 radical (unpaired) electrons. The first-order valence-corrected chi connectivity index (χ1v) is 10.9. The van der Waals surface area contributed by atoms with Crippen molar-refractivity contribution in [3.8, 4) is 5.75 Å². The highest BCUT2D eigenvalue weighted by Gasteiger charge is 2.42. The number of piperidine rings is 1. The first-order valence-electron chi connectivity index (χ1n) is 9.44. The fourth-order valence-electron chi connectivity index (χ4n) is 3.72. The average molecular weight is 424 g/mol. The molecule has 158 valence electrons. The van der Waals surface area contributed by atoms with Gasteiger partial charge in [0.1, 0.15) is 12.0 Å². The highest BCUT2D eigenvalue weighted by molar-refractivity contribution is 7.89. The van der Waals surface area contributed by atoms with Crippen molar-refractivity contribution >= 4 is 28.2 Å². The van der Waals surface area contributed by atoms with E-state index in [-0.39, 0.29) is 22.9 Å². The summed E-state index contributed by atoms with van der Waals surface area (Å²) in [6.45, 7) is 2.90. The molecule has 0 saturated carbocycles. The molecule has 3 rings (SSSR count). The SMILES string of the molecule is COc1ccc(S(=O)(=O)NC2CCN(C3C=[N+](C)C(=O)N(C)C3=O)CC2)cc1C. The van der Waals surface area contributed by atoms with Crippen LogP contribution in [0.3, 0.4) is 0 Å². The van der Waals surface area contributed by atoms with Crippen LogP contribution in [-0.2, 0) is 14.8 Å². The van der Waals surface area contributed by atoms with Gasteiger partial charge in [0.25, 0.3) is 0 Å². The van der Waals surface area contributed by atoms with Crippen LogP contribution in [0.25, 0.3) is 0 Å². The topological polar surface area (TPSA) is 99.0 Å². The number of sulfonamides is 1. The van der Waals surface area contributed by atoms with Crippen LogP contribution in [0.2, 0.25) is 0 Å². The van der Waals surface area contributed by atoms with E-state index in [0.29, 0.717) is 31.7 Å². The summed E-state index contributed by atoms with van der Waals surface area (Å²) in [7, 11) is 0.991. The number of likely N-dealkylation sites (tertiary alicyclic amines) is 1. The number of methoxy groups -OCH3 is 1. The normalized spacial score (nSPS) is 22.0. The number of carbonyl (C=O) groups excluding carboxylic acids is 2. The van der Waals surface area contributed by atoms with Gasteiger partial charge in [0, 0.05) is 19.1 Å². The summed E-state index contributed by atoms with van der Waals surface area (Å²) in [6, 6.07) is 3.68. The summed E-state index contributed by atoms with van der Waals surface area (Å²) < 4.78 is 34.8. The van der Waals surface area contributed by atoms with Crippen LogP contribution in [-0.4, -0.2) is 87.3 Å². The number of imide groups is 1. The Morgan fingerprint density at radius 1 is 1.21 bits per heavy atom. The lowest BCUT2D eigenvalue weighted by molar-refractivity contribution is -0.401. The van der Waals surface area contributed by atoms with Gasteiger partial charge in [-0.05, 0) is 43.5 Å². The molecule has 10 heteroatoms. The van der Waals surface area contributed by atoms with Gasteiger partial charge in [-0.25, -0.2) is 22.5 Å². The molecule has 1 N–H and O–H groups in total. The molecule has 29 heavy (non-hydrogen) atoms. The maximum Gasteiger partial charge on any atom is 0.500 e. The average Bonchev–Trinajstić information content (AvgIpc) is 2.69. The summed E-state index contributed by atoms with van der Waals surface area (Å²) in [5, 5.41) is 0. The largest absolute Gasteiger partial charge is 0.500 e. The lowest BCUT2D eigenvalue weighted by Gasteiger charge is -2.36. The van der Waals surface area contributed by atoms with Crippen LogP contribution in [0, 0.1) is 6.92 Å². The number of benzene rings is 1. The van der Waals surface area contributed by atoms with E-state index >= 15 is 0 Å². The van der Waals surface area contributed by atoms with E-state index < -0.39 is 16.1 Å². The zero-order valence-electron chi connectivity index (χ0n) is 17.1. The third-order valence-corrected chi connectivity index (χ3v) is 6.98. The fraction of sp³-hybridized carbons (Fsp3) is 0.526. The number of likely N-dealkylation sites (N-methyl/N-ethyl adjacent to an activating group) is 1. The number of amides is 3. The van der Waals surface area contributed by atoms with Crippen molar-refractivity contribution < 1.29 is 27.3 Å². The van der Waals surface area contributed by atoms with Crippen molar-refractivity contribution in [3.05, 3.63) is 23.8 Å².